The van der Waals surface area contributed by atoms with Crippen LogP contribution >= 0.6 is 11.6 Å². The lowest BCUT2D eigenvalue weighted by Gasteiger charge is -2.21. The lowest BCUT2D eigenvalue weighted by atomic mass is 9.83. The third-order valence-electron chi connectivity index (χ3n) is 4.92. The summed E-state index contributed by atoms with van der Waals surface area (Å²) in [4.78, 5) is 11.7. The van der Waals surface area contributed by atoms with Gasteiger partial charge in [-0.1, -0.05) is 28.9 Å². The van der Waals surface area contributed by atoms with Crippen LogP contribution in [0.25, 0.3) is 0 Å². The van der Waals surface area contributed by atoms with E-state index in [2.05, 4.69) is 5.16 Å². The van der Waals surface area contributed by atoms with E-state index >= 15 is 0 Å². The van der Waals surface area contributed by atoms with Crippen LogP contribution < -0.4 is 5.56 Å². The van der Waals surface area contributed by atoms with Crippen LogP contribution in [0, 0.1) is 12.7 Å². The van der Waals surface area contributed by atoms with Gasteiger partial charge < -0.3 is 14.9 Å². The van der Waals surface area contributed by atoms with Crippen molar-refractivity contribution >= 4 is 17.3 Å². The fourth-order valence-corrected chi connectivity index (χ4v) is 3.58. The predicted molar refractivity (Wildman–Crippen MR) is 111 cm³/mol. The quantitative estimate of drug-likeness (QED) is 0.364. The van der Waals surface area contributed by atoms with E-state index in [9.17, 15) is 19.5 Å². The molecular weight excluding hydrogens is 395 g/mol. The maximum atomic E-state index is 14.1. The number of nitrogens with zero attached hydrogens (tertiary/aromatic N) is 2. The molecule has 2 N–H and O–H groups in total. The van der Waals surface area contributed by atoms with Crippen LogP contribution in [0.5, 0.6) is 5.75 Å². The Labute approximate surface area is 172 Å². The van der Waals surface area contributed by atoms with Gasteiger partial charge in [-0.25, -0.2) is 4.39 Å². The van der Waals surface area contributed by atoms with Gasteiger partial charge in [-0.2, -0.15) is 0 Å². The highest BCUT2D eigenvalue weighted by molar-refractivity contribution is 6.30. The Morgan fingerprint density at radius 3 is 2.59 bits per heavy atom. The van der Waals surface area contributed by atoms with Crippen molar-refractivity contribution < 1.29 is 14.7 Å². The van der Waals surface area contributed by atoms with Crippen molar-refractivity contribution in [2.45, 2.75) is 19.3 Å². The Morgan fingerprint density at radius 1 is 1.21 bits per heavy atom. The van der Waals surface area contributed by atoms with Crippen molar-refractivity contribution in [3.8, 4) is 5.75 Å². The van der Waals surface area contributed by atoms with Gasteiger partial charge in [0.1, 0.15) is 0 Å². The normalized spacial score (nSPS) is 12.8. The van der Waals surface area contributed by atoms with Gasteiger partial charge in [0.2, 0.25) is 5.56 Å². The molecule has 3 rings (SSSR count). The Hall–Kier alpha value is -3.12. The highest BCUT2D eigenvalue weighted by atomic mass is 35.5. The van der Waals surface area contributed by atoms with E-state index in [0.717, 1.165) is 11.1 Å². The highest BCUT2D eigenvalue weighted by Gasteiger charge is 2.22. The SMILES string of the molecule is Cc1cc(Cl)ccc1C(C/C(=N\O)c1ccc(=O)n(C)c1)c1ccc(O)c(F)c1. The number of oxime groups is 1. The summed E-state index contributed by atoms with van der Waals surface area (Å²) < 4.78 is 15.5. The van der Waals surface area contributed by atoms with Gasteiger partial charge in [0.05, 0.1) is 5.71 Å². The Morgan fingerprint density at radius 2 is 1.97 bits per heavy atom. The lowest BCUT2D eigenvalue weighted by molar-refractivity contribution is 0.317. The summed E-state index contributed by atoms with van der Waals surface area (Å²) in [6.07, 6.45) is 1.82. The molecule has 7 heteroatoms. The number of halogens is 2. The second-order valence-corrected chi connectivity index (χ2v) is 7.32. The number of pyridine rings is 1. The molecule has 0 aliphatic heterocycles. The molecule has 1 unspecified atom stereocenters. The molecule has 0 aliphatic rings. The molecule has 3 aromatic rings. The first kappa shape index (κ1) is 20.6. The molecule has 0 spiro atoms. The van der Waals surface area contributed by atoms with Gasteiger partial charge in [0.15, 0.2) is 11.6 Å². The molecule has 150 valence electrons. The molecule has 29 heavy (non-hydrogen) atoms. The number of aromatic nitrogens is 1. The topological polar surface area (TPSA) is 74.8 Å². The number of rotatable bonds is 5. The predicted octanol–water partition coefficient (Wildman–Crippen LogP) is 4.59. The van der Waals surface area contributed by atoms with Crippen LogP contribution in [0.2, 0.25) is 5.02 Å². The number of hydrogen-bond acceptors (Lipinski definition) is 4. The van der Waals surface area contributed by atoms with Crippen molar-refractivity contribution in [1.82, 2.24) is 4.57 Å². The molecule has 0 amide bonds. The van der Waals surface area contributed by atoms with Gasteiger partial charge in [-0.05, 0) is 53.9 Å². The molecule has 0 saturated carbocycles. The van der Waals surface area contributed by atoms with E-state index < -0.39 is 11.6 Å². The van der Waals surface area contributed by atoms with Gasteiger partial charge in [0.25, 0.3) is 0 Å². The fourth-order valence-electron chi connectivity index (χ4n) is 3.35. The van der Waals surface area contributed by atoms with Gasteiger partial charge in [0, 0.05) is 42.2 Å². The average Bonchev–Trinajstić information content (AvgIpc) is 2.68. The number of aryl methyl sites for hydroxylation is 2. The summed E-state index contributed by atoms with van der Waals surface area (Å²) in [5.41, 5.74) is 3.12. The van der Waals surface area contributed by atoms with Crippen LogP contribution in [0.4, 0.5) is 4.39 Å². The second-order valence-electron chi connectivity index (χ2n) is 6.88. The molecule has 0 saturated heterocycles. The van der Waals surface area contributed by atoms with E-state index in [1.165, 1.54) is 22.8 Å². The van der Waals surface area contributed by atoms with E-state index in [1.54, 1.807) is 31.4 Å². The van der Waals surface area contributed by atoms with Gasteiger partial charge in [-0.3, -0.25) is 4.79 Å². The average molecular weight is 415 g/mol. The van der Waals surface area contributed by atoms with Crippen LogP contribution in [0.3, 0.4) is 0 Å². The smallest absolute Gasteiger partial charge is 0.250 e. The van der Waals surface area contributed by atoms with Crippen LogP contribution in [-0.2, 0) is 7.05 Å². The molecule has 0 aliphatic carbocycles. The van der Waals surface area contributed by atoms with Crippen molar-refractivity contribution in [3.63, 3.8) is 0 Å². The minimum atomic E-state index is -0.733. The number of phenolic OH excluding ortho intramolecular Hbond substituents is 1. The highest BCUT2D eigenvalue weighted by Crippen LogP contribution is 2.34. The third kappa shape index (κ3) is 4.49. The largest absolute Gasteiger partial charge is 0.505 e. The molecule has 0 radical (unpaired) electrons. The van der Waals surface area contributed by atoms with Crippen LogP contribution in [0.15, 0.2) is 64.7 Å². The molecule has 1 heterocycles. The third-order valence-corrected chi connectivity index (χ3v) is 5.15. The summed E-state index contributed by atoms with van der Waals surface area (Å²) >= 11 is 6.09. The maximum Gasteiger partial charge on any atom is 0.250 e. The van der Waals surface area contributed by atoms with Gasteiger partial charge in [-0.15, -0.1) is 0 Å². The summed E-state index contributed by atoms with van der Waals surface area (Å²) in [6, 6.07) is 12.6. The molecule has 1 atom stereocenters. The minimum Gasteiger partial charge on any atom is -0.505 e. The molecule has 1 aromatic heterocycles. The van der Waals surface area contributed by atoms with E-state index in [1.807, 2.05) is 19.1 Å². The monoisotopic (exact) mass is 414 g/mol. The second kappa shape index (κ2) is 8.49. The molecule has 2 aromatic carbocycles. The van der Waals surface area contributed by atoms with E-state index in [-0.39, 0.29) is 17.9 Å². The summed E-state index contributed by atoms with van der Waals surface area (Å²) in [5, 5.41) is 23.2. The first-order chi connectivity index (χ1) is 13.8. The van der Waals surface area contributed by atoms with Crippen molar-refractivity contribution in [3.05, 3.63) is 98.2 Å². The molecule has 0 bridgehead atoms. The first-order valence-electron chi connectivity index (χ1n) is 8.92. The molecule has 5 nitrogen and oxygen atoms in total. The zero-order chi connectivity index (χ0) is 21.1. The lowest BCUT2D eigenvalue weighted by Crippen LogP contribution is -2.18. The summed E-state index contributed by atoms with van der Waals surface area (Å²) in [6.45, 7) is 1.90. The van der Waals surface area contributed by atoms with Crippen LogP contribution in [-0.4, -0.2) is 20.6 Å². The van der Waals surface area contributed by atoms with Crippen molar-refractivity contribution in [1.29, 1.82) is 0 Å². The number of aromatic hydroxyl groups is 1. The molecule has 0 fully saturated rings. The summed E-state index contributed by atoms with van der Waals surface area (Å²) in [7, 11) is 1.61. The maximum absolute atomic E-state index is 14.1. The Kier molecular flexibility index (Phi) is 6.03. The number of hydrogen-bond donors (Lipinski definition) is 2. The van der Waals surface area contributed by atoms with E-state index in [4.69, 9.17) is 11.6 Å². The zero-order valence-corrected chi connectivity index (χ0v) is 16.7. The number of phenols is 1. The zero-order valence-electron chi connectivity index (χ0n) is 15.9. The minimum absolute atomic E-state index is 0.184. The Bertz CT molecular complexity index is 1140. The molecular formula is C22H20ClFN2O3. The first-order valence-corrected chi connectivity index (χ1v) is 9.30. The van der Waals surface area contributed by atoms with Gasteiger partial charge >= 0.3 is 0 Å². The summed E-state index contributed by atoms with van der Waals surface area (Å²) in [5.74, 6) is -1.54. The van der Waals surface area contributed by atoms with Crippen molar-refractivity contribution in [2.75, 3.05) is 0 Å². The fraction of sp³-hybridized carbons (Fsp3) is 0.182. The Balaban J connectivity index is 2.10. The van der Waals surface area contributed by atoms with Crippen LogP contribution in [0.1, 0.15) is 34.6 Å². The standard InChI is InChI=1S/C22H20ClFN2O3/c1-13-9-16(23)5-6-17(13)18(14-3-7-21(27)19(24)10-14)11-20(25-29)15-4-8-22(28)26(2)12-15/h3-10,12,18,27,29H,11H2,1-2H3/b25-20+. The van der Waals surface area contributed by atoms with Crippen molar-refractivity contribution in [2.24, 2.45) is 12.2 Å². The van der Waals surface area contributed by atoms with E-state index in [0.29, 0.717) is 21.9 Å². The number of benzene rings is 2.